The van der Waals surface area contributed by atoms with Gasteiger partial charge in [-0.25, -0.2) is 0 Å². The second kappa shape index (κ2) is 5.97. The number of fused-ring (bicyclic) bond motifs is 1. The summed E-state index contributed by atoms with van der Waals surface area (Å²) in [4.78, 5) is 13.4. The summed E-state index contributed by atoms with van der Waals surface area (Å²) in [6, 6.07) is 7.93. The third kappa shape index (κ3) is 3.12. The molecule has 0 amide bonds. The van der Waals surface area contributed by atoms with E-state index in [0.29, 0.717) is 12.3 Å². The minimum absolute atomic E-state index is 0.244. The number of carbonyl (C=O) groups excluding carboxylic acids is 1. The molecule has 0 bridgehead atoms. The van der Waals surface area contributed by atoms with Crippen molar-refractivity contribution in [2.24, 2.45) is 5.92 Å². The van der Waals surface area contributed by atoms with E-state index in [9.17, 15) is 4.79 Å². The van der Waals surface area contributed by atoms with Gasteiger partial charge in [0.1, 0.15) is 5.75 Å². The maximum absolute atomic E-state index is 12.3. The van der Waals surface area contributed by atoms with Crippen LogP contribution in [0.4, 0.5) is 0 Å². The molecule has 0 radical (unpaired) electrons. The molecular formula is C15H18O3S. The lowest BCUT2D eigenvalue weighted by Gasteiger charge is -2.27. The molecule has 0 aliphatic carbocycles. The normalized spacial score (nSPS) is 23.5. The zero-order valence-electron chi connectivity index (χ0n) is 10.8. The van der Waals surface area contributed by atoms with Crippen molar-refractivity contribution in [3.63, 3.8) is 0 Å². The molecule has 1 fully saturated rings. The first-order chi connectivity index (χ1) is 9.33. The van der Waals surface area contributed by atoms with Crippen molar-refractivity contribution >= 4 is 17.5 Å². The van der Waals surface area contributed by atoms with Crippen LogP contribution in [0.2, 0.25) is 0 Å². The highest BCUT2D eigenvalue weighted by molar-refractivity contribution is 7.99. The van der Waals surface area contributed by atoms with E-state index in [4.69, 9.17) is 9.47 Å². The molecule has 1 saturated heterocycles. The fourth-order valence-corrected chi connectivity index (χ4v) is 3.56. The Labute approximate surface area is 117 Å². The standard InChI is InChI=1S/C15H18O3S/c16-12(9-11-5-7-17-8-6-11)14-10-19-15-4-2-1-3-13(15)18-14/h1-4,11,14H,5-10H2. The first-order valence-electron chi connectivity index (χ1n) is 6.82. The number of benzene rings is 1. The van der Waals surface area contributed by atoms with Crippen LogP contribution in [0.3, 0.4) is 0 Å². The molecule has 19 heavy (non-hydrogen) atoms. The Morgan fingerprint density at radius 3 is 2.89 bits per heavy atom. The van der Waals surface area contributed by atoms with Crippen LogP contribution in [-0.2, 0) is 9.53 Å². The number of hydrogen-bond acceptors (Lipinski definition) is 4. The molecule has 0 aromatic heterocycles. The van der Waals surface area contributed by atoms with Gasteiger partial charge in [-0.3, -0.25) is 4.79 Å². The molecule has 1 atom stereocenters. The van der Waals surface area contributed by atoms with E-state index < -0.39 is 0 Å². The van der Waals surface area contributed by atoms with E-state index in [1.54, 1.807) is 11.8 Å². The second-order valence-corrected chi connectivity index (χ2v) is 6.15. The van der Waals surface area contributed by atoms with E-state index in [0.717, 1.165) is 42.5 Å². The van der Waals surface area contributed by atoms with Gasteiger partial charge in [0.15, 0.2) is 11.9 Å². The van der Waals surface area contributed by atoms with Gasteiger partial charge < -0.3 is 9.47 Å². The molecule has 1 aromatic carbocycles. The summed E-state index contributed by atoms with van der Waals surface area (Å²) in [7, 11) is 0. The Kier molecular flexibility index (Phi) is 4.09. The Bertz CT molecular complexity index is 454. The fourth-order valence-electron chi connectivity index (χ4n) is 2.54. The van der Waals surface area contributed by atoms with Crippen LogP contribution in [0.15, 0.2) is 29.2 Å². The zero-order valence-corrected chi connectivity index (χ0v) is 11.7. The molecule has 0 N–H and O–H groups in total. The molecule has 2 heterocycles. The summed E-state index contributed by atoms with van der Waals surface area (Å²) in [5.41, 5.74) is 0. The zero-order chi connectivity index (χ0) is 13.1. The van der Waals surface area contributed by atoms with Crippen LogP contribution < -0.4 is 4.74 Å². The third-order valence-corrected chi connectivity index (χ3v) is 4.82. The number of Topliss-reactive ketones (excluding diaryl/α,β-unsaturated/α-hetero) is 1. The first-order valence-corrected chi connectivity index (χ1v) is 7.80. The molecule has 2 aliphatic rings. The average molecular weight is 278 g/mol. The van der Waals surface area contributed by atoms with Crippen LogP contribution in [-0.4, -0.2) is 30.9 Å². The van der Waals surface area contributed by atoms with Crippen molar-refractivity contribution in [3.8, 4) is 5.75 Å². The molecule has 1 aromatic rings. The molecule has 4 heteroatoms. The van der Waals surface area contributed by atoms with Gasteiger partial charge in [-0.05, 0) is 30.9 Å². The van der Waals surface area contributed by atoms with Crippen LogP contribution in [0, 0.1) is 5.92 Å². The number of ether oxygens (including phenoxy) is 2. The van der Waals surface area contributed by atoms with Gasteiger partial charge >= 0.3 is 0 Å². The molecule has 2 aliphatic heterocycles. The van der Waals surface area contributed by atoms with Crippen molar-refractivity contribution in [2.75, 3.05) is 19.0 Å². The van der Waals surface area contributed by atoms with Gasteiger partial charge in [-0.1, -0.05) is 12.1 Å². The van der Waals surface area contributed by atoms with E-state index in [1.165, 1.54) is 0 Å². The largest absolute Gasteiger partial charge is 0.481 e. The Morgan fingerprint density at radius 1 is 1.26 bits per heavy atom. The molecule has 102 valence electrons. The van der Waals surface area contributed by atoms with Gasteiger partial charge in [0.25, 0.3) is 0 Å². The maximum atomic E-state index is 12.3. The molecule has 0 saturated carbocycles. The van der Waals surface area contributed by atoms with Crippen LogP contribution >= 0.6 is 11.8 Å². The fraction of sp³-hybridized carbons (Fsp3) is 0.533. The first kappa shape index (κ1) is 13.0. The predicted molar refractivity (Wildman–Crippen MR) is 74.7 cm³/mol. The van der Waals surface area contributed by atoms with Crippen LogP contribution in [0.5, 0.6) is 5.75 Å². The second-order valence-electron chi connectivity index (χ2n) is 5.09. The minimum atomic E-state index is -0.275. The Morgan fingerprint density at radius 2 is 2.05 bits per heavy atom. The van der Waals surface area contributed by atoms with E-state index in [1.807, 2.05) is 24.3 Å². The minimum Gasteiger partial charge on any atom is -0.481 e. The van der Waals surface area contributed by atoms with Gasteiger partial charge in [-0.2, -0.15) is 0 Å². The Balaban J connectivity index is 1.59. The summed E-state index contributed by atoms with van der Waals surface area (Å²) in [6.45, 7) is 1.59. The highest BCUT2D eigenvalue weighted by Gasteiger charge is 2.28. The molecule has 3 nitrogen and oxygen atoms in total. The summed E-state index contributed by atoms with van der Waals surface area (Å²) in [5, 5.41) is 0. The van der Waals surface area contributed by atoms with Crippen molar-refractivity contribution < 1.29 is 14.3 Å². The van der Waals surface area contributed by atoms with Crippen molar-refractivity contribution in [3.05, 3.63) is 24.3 Å². The van der Waals surface area contributed by atoms with Gasteiger partial charge in [0.05, 0.1) is 0 Å². The number of hydrogen-bond donors (Lipinski definition) is 0. The molecule has 0 spiro atoms. The maximum Gasteiger partial charge on any atom is 0.174 e. The number of para-hydroxylation sites is 1. The number of rotatable bonds is 3. The molecule has 3 rings (SSSR count). The van der Waals surface area contributed by atoms with E-state index in [2.05, 4.69) is 0 Å². The topological polar surface area (TPSA) is 35.5 Å². The van der Waals surface area contributed by atoms with Gasteiger partial charge in [0, 0.05) is 30.3 Å². The third-order valence-electron chi connectivity index (χ3n) is 3.70. The van der Waals surface area contributed by atoms with Crippen LogP contribution in [0.25, 0.3) is 0 Å². The van der Waals surface area contributed by atoms with Gasteiger partial charge in [0.2, 0.25) is 0 Å². The lowest BCUT2D eigenvalue weighted by atomic mass is 9.93. The molecule has 1 unspecified atom stereocenters. The van der Waals surface area contributed by atoms with E-state index in [-0.39, 0.29) is 11.9 Å². The average Bonchev–Trinajstić information content (AvgIpc) is 2.48. The smallest absolute Gasteiger partial charge is 0.174 e. The predicted octanol–water partition coefficient (Wildman–Crippen LogP) is 2.93. The van der Waals surface area contributed by atoms with Gasteiger partial charge in [-0.15, -0.1) is 11.8 Å². The number of ketones is 1. The quantitative estimate of drug-likeness (QED) is 0.851. The van der Waals surface area contributed by atoms with Crippen LogP contribution in [0.1, 0.15) is 19.3 Å². The highest BCUT2D eigenvalue weighted by atomic mass is 32.2. The van der Waals surface area contributed by atoms with E-state index >= 15 is 0 Å². The van der Waals surface area contributed by atoms with Crippen molar-refractivity contribution in [1.82, 2.24) is 0 Å². The monoisotopic (exact) mass is 278 g/mol. The SMILES string of the molecule is O=C(CC1CCOCC1)C1CSc2ccccc2O1. The lowest BCUT2D eigenvalue weighted by Crippen LogP contribution is -2.34. The summed E-state index contributed by atoms with van der Waals surface area (Å²) in [5.74, 6) is 2.31. The lowest BCUT2D eigenvalue weighted by molar-refractivity contribution is -0.126. The number of carbonyl (C=O) groups is 1. The Hall–Kier alpha value is -1.00. The molecular weight excluding hydrogens is 260 g/mol. The van der Waals surface area contributed by atoms with Crippen molar-refractivity contribution in [1.29, 1.82) is 0 Å². The van der Waals surface area contributed by atoms with Crippen molar-refractivity contribution in [2.45, 2.75) is 30.3 Å². The summed E-state index contributed by atoms with van der Waals surface area (Å²) in [6.07, 6.45) is 2.36. The number of thioether (sulfide) groups is 1. The summed E-state index contributed by atoms with van der Waals surface area (Å²) < 4.78 is 11.2. The highest BCUT2D eigenvalue weighted by Crippen LogP contribution is 2.35. The summed E-state index contributed by atoms with van der Waals surface area (Å²) >= 11 is 1.72.